The zero-order valence-electron chi connectivity index (χ0n) is 15.1. The fourth-order valence-corrected chi connectivity index (χ4v) is 2.52. The molecule has 0 atom stereocenters. The number of para-hydroxylation sites is 1. The first-order chi connectivity index (χ1) is 13.5. The number of benzene rings is 2. The van der Waals surface area contributed by atoms with Crippen LogP contribution in [-0.4, -0.2) is 16.8 Å². The molecule has 7 heteroatoms. The van der Waals surface area contributed by atoms with Crippen molar-refractivity contribution in [1.29, 1.82) is 5.26 Å². The highest BCUT2D eigenvalue weighted by Gasteiger charge is 2.09. The van der Waals surface area contributed by atoms with Crippen molar-refractivity contribution in [3.63, 3.8) is 0 Å². The molecule has 0 aliphatic heterocycles. The van der Waals surface area contributed by atoms with Gasteiger partial charge in [-0.15, -0.1) is 0 Å². The summed E-state index contributed by atoms with van der Waals surface area (Å²) in [6, 6.07) is 17.6. The van der Waals surface area contributed by atoms with E-state index in [1.807, 2.05) is 6.07 Å². The molecule has 3 N–H and O–H groups in total. The number of hydrogen-bond donors (Lipinski definition) is 3. The summed E-state index contributed by atoms with van der Waals surface area (Å²) in [4.78, 5) is 27.6. The van der Waals surface area contributed by atoms with Gasteiger partial charge >= 0.3 is 0 Å². The number of amides is 2. The Hall–Kier alpha value is -4.18. The molecule has 2 amide bonds. The molecule has 1 aromatic heterocycles. The second-order valence-corrected chi connectivity index (χ2v) is 5.96. The molecule has 3 aromatic rings. The van der Waals surface area contributed by atoms with Gasteiger partial charge in [0.05, 0.1) is 28.7 Å². The minimum atomic E-state index is -0.322. The van der Waals surface area contributed by atoms with Gasteiger partial charge in [0.2, 0.25) is 5.91 Å². The summed E-state index contributed by atoms with van der Waals surface area (Å²) in [5.41, 5.74) is 3.33. The van der Waals surface area contributed by atoms with E-state index in [1.165, 1.54) is 13.1 Å². The van der Waals surface area contributed by atoms with Gasteiger partial charge in [-0.1, -0.05) is 12.1 Å². The number of carbonyl (C=O) groups is 2. The first kappa shape index (κ1) is 18.6. The van der Waals surface area contributed by atoms with E-state index in [0.29, 0.717) is 33.9 Å². The number of hydrogen-bond acceptors (Lipinski definition) is 5. The zero-order chi connectivity index (χ0) is 19.9. The molecule has 2 aromatic carbocycles. The van der Waals surface area contributed by atoms with E-state index in [4.69, 9.17) is 0 Å². The Labute approximate surface area is 162 Å². The predicted octanol–water partition coefficient (Wildman–Crippen LogP) is 3.91. The van der Waals surface area contributed by atoms with Crippen molar-refractivity contribution in [3.05, 3.63) is 78.1 Å². The highest BCUT2D eigenvalue weighted by molar-refractivity contribution is 6.04. The average molecular weight is 371 g/mol. The normalized spacial score (nSPS) is 9.86. The van der Waals surface area contributed by atoms with Crippen molar-refractivity contribution < 1.29 is 9.59 Å². The summed E-state index contributed by atoms with van der Waals surface area (Å²) in [7, 11) is 0. The van der Waals surface area contributed by atoms with Crippen molar-refractivity contribution in [2.45, 2.75) is 6.92 Å². The molecule has 138 valence electrons. The largest absolute Gasteiger partial charge is 0.353 e. The van der Waals surface area contributed by atoms with Crippen molar-refractivity contribution in [3.8, 4) is 6.07 Å². The van der Waals surface area contributed by atoms with Crippen LogP contribution in [0.2, 0.25) is 0 Å². The molecule has 0 saturated carbocycles. The van der Waals surface area contributed by atoms with Gasteiger partial charge in [0, 0.05) is 24.5 Å². The lowest BCUT2D eigenvalue weighted by atomic mass is 10.2. The van der Waals surface area contributed by atoms with E-state index in [-0.39, 0.29) is 11.8 Å². The number of aromatic nitrogens is 1. The molecule has 0 aliphatic carbocycles. The molecular weight excluding hydrogens is 354 g/mol. The highest BCUT2D eigenvalue weighted by atomic mass is 16.2. The number of nitrogens with one attached hydrogen (secondary N) is 3. The smallest absolute Gasteiger partial charge is 0.257 e. The van der Waals surface area contributed by atoms with Gasteiger partial charge in [0.15, 0.2) is 0 Å². The lowest BCUT2D eigenvalue weighted by molar-refractivity contribution is -0.114. The van der Waals surface area contributed by atoms with Crippen molar-refractivity contribution in [2.24, 2.45) is 0 Å². The number of carbonyl (C=O) groups excluding carboxylic acids is 2. The van der Waals surface area contributed by atoms with E-state index in [2.05, 4.69) is 27.0 Å². The van der Waals surface area contributed by atoms with Gasteiger partial charge in [-0.2, -0.15) is 5.26 Å². The van der Waals surface area contributed by atoms with Crippen LogP contribution in [0, 0.1) is 11.3 Å². The van der Waals surface area contributed by atoms with Gasteiger partial charge in [0.1, 0.15) is 6.07 Å². The third kappa shape index (κ3) is 4.71. The minimum absolute atomic E-state index is 0.162. The molecule has 1 heterocycles. The molecule has 0 unspecified atom stereocenters. The van der Waals surface area contributed by atoms with Crippen LogP contribution in [0.3, 0.4) is 0 Å². The SMILES string of the molecule is CC(=O)Nc1ccc(NC(=O)c2cncc(Nc3ccccc3C#N)c2)cc1. The first-order valence-electron chi connectivity index (χ1n) is 8.45. The maximum atomic E-state index is 12.5. The van der Waals surface area contributed by atoms with Crippen molar-refractivity contribution in [1.82, 2.24) is 4.98 Å². The maximum absolute atomic E-state index is 12.5. The van der Waals surface area contributed by atoms with E-state index in [1.54, 1.807) is 54.7 Å². The van der Waals surface area contributed by atoms with E-state index in [0.717, 1.165) is 0 Å². The molecule has 7 nitrogen and oxygen atoms in total. The summed E-state index contributed by atoms with van der Waals surface area (Å²) in [6.45, 7) is 1.43. The molecule has 0 radical (unpaired) electrons. The number of anilines is 4. The summed E-state index contributed by atoms with van der Waals surface area (Å²) in [5.74, 6) is -0.484. The third-order valence-electron chi connectivity index (χ3n) is 3.79. The van der Waals surface area contributed by atoms with Crippen LogP contribution in [0.1, 0.15) is 22.8 Å². The molecule has 0 aliphatic rings. The Bertz CT molecular complexity index is 1050. The first-order valence-corrected chi connectivity index (χ1v) is 8.45. The van der Waals surface area contributed by atoms with Crippen LogP contribution in [-0.2, 0) is 4.79 Å². The van der Waals surface area contributed by atoms with Gasteiger partial charge in [-0.25, -0.2) is 0 Å². The number of nitrogens with zero attached hydrogens (tertiary/aromatic N) is 2. The minimum Gasteiger partial charge on any atom is -0.353 e. The maximum Gasteiger partial charge on any atom is 0.257 e. The Morgan fingerprint density at radius 1 is 0.929 bits per heavy atom. The predicted molar refractivity (Wildman–Crippen MR) is 107 cm³/mol. The summed E-state index contributed by atoms with van der Waals surface area (Å²) < 4.78 is 0. The second-order valence-electron chi connectivity index (χ2n) is 5.96. The average Bonchev–Trinajstić information content (AvgIpc) is 2.70. The Morgan fingerprint density at radius 3 is 2.29 bits per heavy atom. The van der Waals surface area contributed by atoms with Gasteiger partial charge in [0.25, 0.3) is 5.91 Å². The molecule has 0 saturated heterocycles. The third-order valence-corrected chi connectivity index (χ3v) is 3.79. The molecular formula is C21H17N5O2. The standard InChI is InChI=1S/C21H17N5O2/c1-14(27)24-17-6-8-18(9-7-17)26-21(28)16-10-19(13-23-12-16)25-20-5-3-2-4-15(20)11-22/h2-10,12-13,25H,1H3,(H,24,27)(H,26,28). The highest BCUT2D eigenvalue weighted by Crippen LogP contribution is 2.21. The van der Waals surface area contributed by atoms with Gasteiger partial charge < -0.3 is 16.0 Å². The molecule has 0 fully saturated rings. The molecule has 28 heavy (non-hydrogen) atoms. The number of rotatable bonds is 5. The lowest BCUT2D eigenvalue weighted by Gasteiger charge is -2.10. The zero-order valence-corrected chi connectivity index (χ0v) is 15.1. The van der Waals surface area contributed by atoms with Crippen LogP contribution >= 0.6 is 0 Å². The molecule has 0 spiro atoms. The fourth-order valence-electron chi connectivity index (χ4n) is 2.52. The second kappa shape index (κ2) is 8.47. The summed E-state index contributed by atoms with van der Waals surface area (Å²) in [5, 5.41) is 17.7. The number of pyridine rings is 1. The monoisotopic (exact) mass is 371 g/mol. The van der Waals surface area contributed by atoms with Crippen molar-refractivity contribution >= 4 is 34.6 Å². The van der Waals surface area contributed by atoms with Crippen LogP contribution in [0.5, 0.6) is 0 Å². The Morgan fingerprint density at radius 2 is 1.61 bits per heavy atom. The Balaban J connectivity index is 1.72. The lowest BCUT2D eigenvalue weighted by Crippen LogP contribution is -2.12. The summed E-state index contributed by atoms with van der Waals surface area (Å²) >= 11 is 0. The molecule has 3 rings (SSSR count). The quantitative estimate of drug-likeness (QED) is 0.630. The van der Waals surface area contributed by atoms with Gasteiger partial charge in [-0.05, 0) is 42.5 Å². The Kier molecular flexibility index (Phi) is 5.63. The van der Waals surface area contributed by atoms with Crippen LogP contribution < -0.4 is 16.0 Å². The fraction of sp³-hybridized carbons (Fsp3) is 0.0476. The van der Waals surface area contributed by atoms with E-state index >= 15 is 0 Å². The van der Waals surface area contributed by atoms with Crippen LogP contribution in [0.15, 0.2) is 67.0 Å². The van der Waals surface area contributed by atoms with Crippen molar-refractivity contribution in [2.75, 3.05) is 16.0 Å². The van der Waals surface area contributed by atoms with Crippen LogP contribution in [0.4, 0.5) is 22.7 Å². The topological polar surface area (TPSA) is 107 Å². The van der Waals surface area contributed by atoms with Crippen LogP contribution in [0.25, 0.3) is 0 Å². The van der Waals surface area contributed by atoms with E-state index < -0.39 is 0 Å². The molecule has 0 bridgehead atoms. The van der Waals surface area contributed by atoms with E-state index in [9.17, 15) is 14.9 Å². The number of nitriles is 1. The summed E-state index contributed by atoms with van der Waals surface area (Å²) in [6.07, 6.45) is 3.04. The van der Waals surface area contributed by atoms with Gasteiger partial charge in [-0.3, -0.25) is 14.6 Å².